The fourth-order valence-electron chi connectivity index (χ4n) is 2.96. The SMILES string of the molecule is CCCC(O)COc1ccc(C(C)(C)c2ccc(OCC(O)CO)cc2)cc1. The molecule has 0 amide bonds. The Morgan fingerprint density at radius 2 is 1.21 bits per heavy atom. The summed E-state index contributed by atoms with van der Waals surface area (Å²) in [7, 11) is 0. The molecule has 0 radical (unpaired) electrons. The Morgan fingerprint density at radius 3 is 1.61 bits per heavy atom. The van der Waals surface area contributed by atoms with Gasteiger partial charge in [-0.15, -0.1) is 0 Å². The van der Waals surface area contributed by atoms with Gasteiger partial charge in [0.05, 0.1) is 12.7 Å². The number of hydrogen-bond acceptors (Lipinski definition) is 5. The molecule has 28 heavy (non-hydrogen) atoms. The molecule has 0 saturated heterocycles. The second-order valence-electron chi connectivity index (χ2n) is 7.57. The number of hydrogen-bond donors (Lipinski definition) is 3. The van der Waals surface area contributed by atoms with Crippen molar-refractivity contribution in [2.24, 2.45) is 0 Å². The molecule has 5 heteroatoms. The molecule has 0 bridgehead atoms. The van der Waals surface area contributed by atoms with Crippen molar-refractivity contribution in [3.05, 3.63) is 59.7 Å². The maximum absolute atomic E-state index is 9.79. The standard InChI is InChI=1S/C23H32O5/c1-4-5-19(25)15-27-21-10-6-17(7-11-21)23(2,3)18-8-12-22(13-9-18)28-16-20(26)14-24/h6-13,19-20,24-26H,4-5,14-16H2,1-3H3. The van der Waals surface area contributed by atoms with Crippen molar-refractivity contribution >= 4 is 0 Å². The number of aliphatic hydroxyl groups is 3. The first-order valence-electron chi connectivity index (χ1n) is 9.80. The topological polar surface area (TPSA) is 79.2 Å². The number of rotatable bonds is 11. The van der Waals surface area contributed by atoms with Crippen LogP contribution in [-0.4, -0.2) is 47.3 Å². The Morgan fingerprint density at radius 1 is 0.786 bits per heavy atom. The predicted octanol–water partition coefficient (Wildman–Crippen LogP) is 3.28. The minimum absolute atomic E-state index is 0.0631. The van der Waals surface area contributed by atoms with Crippen LogP contribution >= 0.6 is 0 Å². The molecular weight excluding hydrogens is 356 g/mol. The van der Waals surface area contributed by atoms with E-state index in [0.717, 1.165) is 29.7 Å². The smallest absolute Gasteiger partial charge is 0.119 e. The predicted molar refractivity (Wildman–Crippen MR) is 110 cm³/mol. The molecule has 0 fully saturated rings. The van der Waals surface area contributed by atoms with Crippen molar-refractivity contribution in [2.45, 2.75) is 51.2 Å². The molecule has 0 spiro atoms. The fourth-order valence-corrected chi connectivity index (χ4v) is 2.96. The molecule has 0 heterocycles. The monoisotopic (exact) mass is 388 g/mol. The van der Waals surface area contributed by atoms with Gasteiger partial charge in [-0.2, -0.15) is 0 Å². The first-order valence-corrected chi connectivity index (χ1v) is 9.80. The third-order valence-electron chi connectivity index (χ3n) is 4.87. The van der Waals surface area contributed by atoms with E-state index in [1.54, 1.807) is 0 Å². The van der Waals surface area contributed by atoms with E-state index < -0.39 is 12.2 Å². The van der Waals surface area contributed by atoms with Crippen LogP contribution < -0.4 is 9.47 Å². The molecule has 2 rings (SSSR count). The average molecular weight is 389 g/mol. The van der Waals surface area contributed by atoms with Gasteiger partial charge in [-0.25, -0.2) is 0 Å². The highest BCUT2D eigenvalue weighted by Crippen LogP contribution is 2.33. The Hall–Kier alpha value is -2.08. The molecule has 0 aliphatic heterocycles. The van der Waals surface area contributed by atoms with Crippen molar-refractivity contribution in [2.75, 3.05) is 19.8 Å². The molecular formula is C23H32O5. The van der Waals surface area contributed by atoms with Crippen LogP contribution in [0.5, 0.6) is 11.5 Å². The minimum atomic E-state index is -0.875. The lowest BCUT2D eigenvalue weighted by Gasteiger charge is -2.26. The lowest BCUT2D eigenvalue weighted by Crippen LogP contribution is -2.21. The molecule has 3 N–H and O–H groups in total. The van der Waals surface area contributed by atoms with E-state index >= 15 is 0 Å². The molecule has 5 nitrogen and oxygen atoms in total. The van der Waals surface area contributed by atoms with Crippen LogP contribution in [0.2, 0.25) is 0 Å². The molecule has 0 aliphatic carbocycles. The van der Waals surface area contributed by atoms with Gasteiger partial charge in [-0.05, 0) is 41.8 Å². The van der Waals surface area contributed by atoms with Crippen LogP contribution in [0.1, 0.15) is 44.7 Å². The molecule has 0 saturated carbocycles. The highest BCUT2D eigenvalue weighted by atomic mass is 16.5. The van der Waals surface area contributed by atoms with Crippen LogP contribution in [-0.2, 0) is 5.41 Å². The van der Waals surface area contributed by atoms with Gasteiger partial charge in [0.15, 0.2) is 0 Å². The number of benzene rings is 2. The summed E-state index contributed by atoms with van der Waals surface area (Å²) in [5.74, 6) is 1.40. The maximum Gasteiger partial charge on any atom is 0.119 e. The van der Waals surface area contributed by atoms with E-state index in [0.29, 0.717) is 12.4 Å². The van der Waals surface area contributed by atoms with E-state index in [1.807, 2.05) is 55.5 Å². The second-order valence-corrected chi connectivity index (χ2v) is 7.57. The van der Waals surface area contributed by atoms with Gasteiger partial charge in [0.2, 0.25) is 0 Å². The molecule has 2 aromatic carbocycles. The summed E-state index contributed by atoms with van der Waals surface area (Å²) in [6.45, 7) is 6.40. The van der Waals surface area contributed by atoms with Crippen LogP contribution in [0.25, 0.3) is 0 Å². The average Bonchev–Trinajstić information content (AvgIpc) is 2.71. The minimum Gasteiger partial charge on any atom is -0.491 e. The number of aliphatic hydroxyl groups excluding tert-OH is 3. The van der Waals surface area contributed by atoms with Gasteiger partial charge in [-0.3, -0.25) is 0 Å². The molecule has 0 aliphatic rings. The van der Waals surface area contributed by atoms with Crippen molar-refractivity contribution in [1.82, 2.24) is 0 Å². The zero-order chi connectivity index (χ0) is 20.6. The van der Waals surface area contributed by atoms with Crippen molar-refractivity contribution in [1.29, 1.82) is 0 Å². The van der Waals surface area contributed by atoms with Crippen molar-refractivity contribution < 1.29 is 24.8 Å². The highest BCUT2D eigenvalue weighted by Gasteiger charge is 2.23. The zero-order valence-corrected chi connectivity index (χ0v) is 17.0. The van der Waals surface area contributed by atoms with E-state index in [-0.39, 0.29) is 18.6 Å². The van der Waals surface area contributed by atoms with Gasteiger partial charge in [0.25, 0.3) is 0 Å². The normalized spacial score (nSPS) is 13.8. The van der Waals surface area contributed by atoms with E-state index in [4.69, 9.17) is 14.6 Å². The Balaban J connectivity index is 2.01. The largest absolute Gasteiger partial charge is 0.491 e. The van der Waals surface area contributed by atoms with Crippen LogP contribution in [0, 0.1) is 0 Å². The lowest BCUT2D eigenvalue weighted by molar-refractivity contribution is 0.0536. The van der Waals surface area contributed by atoms with Gasteiger partial charge in [0.1, 0.15) is 30.8 Å². The maximum atomic E-state index is 9.79. The zero-order valence-electron chi connectivity index (χ0n) is 17.0. The van der Waals surface area contributed by atoms with Gasteiger partial charge < -0.3 is 24.8 Å². The molecule has 2 aromatic rings. The third kappa shape index (κ3) is 6.23. The van der Waals surface area contributed by atoms with Gasteiger partial charge in [0, 0.05) is 5.41 Å². The Labute approximate surface area is 167 Å². The van der Waals surface area contributed by atoms with Gasteiger partial charge in [-0.1, -0.05) is 51.5 Å². The lowest BCUT2D eigenvalue weighted by atomic mass is 9.78. The third-order valence-corrected chi connectivity index (χ3v) is 4.87. The summed E-state index contributed by atoms with van der Waals surface area (Å²) >= 11 is 0. The van der Waals surface area contributed by atoms with E-state index in [2.05, 4.69) is 13.8 Å². The molecule has 2 atom stereocenters. The van der Waals surface area contributed by atoms with Crippen molar-refractivity contribution in [3.63, 3.8) is 0 Å². The summed E-state index contributed by atoms with van der Waals surface area (Å²) in [4.78, 5) is 0. The quantitative estimate of drug-likeness (QED) is 0.551. The van der Waals surface area contributed by atoms with E-state index in [1.165, 1.54) is 0 Å². The molecule has 0 aromatic heterocycles. The summed E-state index contributed by atoms with van der Waals surface area (Å²) in [5, 5.41) is 28.0. The molecule has 2 unspecified atom stereocenters. The van der Waals surface area contributed by atoms with E-state index in [9.17, 15) is 10.2 Å². The highest BCUT2D eigenvalue weighted by molar-refractivity contribution is 5.41. The van der Waals surface area contributed by atoms with Crippen molar-refractivity contribution in [3.8, 4) is 11.5 Å². The Kier molecular flexibility index (Phi) is 8.30. The Bertz CT molecular complexity index is 694. The summed E-state index contributed by atoms with van der Waals surface area (Å²) < 4.78 is 11.1. The van der Waals surface area contributed by atoms with Crippen LogP contribution in [0.3, 0.4) is 0 Å². The van der Waals surface area contributed by atoms with Gasteiger partial charge >= 0.3 is 0 Å². The summed E-state index contributed by atoms with van der Waals surface area (Å²) in [6.07, 6.45) is 0.369. The first kappa shape index (κ1) is 22.2. The number of ether oxygens (including phenoxy) is 2. The fraction of sp³-hybridized carbons (Fsp3) is 0.478. The van der Waals surface area contributed by atoms with Crippen LogP contribution in [0.15, 0.2) is 48.5 Å². The van der Waals surface area contributed by atoms with Crippen LogP contribution in [0.4, 0.5) is 0 Å². The second kappa shape index (κ2) is 10.5. The first-order chi connectivity index (χ1) is 13.4. The molecule has 154 valence electrons. The summed E-state index contributed by atoms with van der Waals surface area (Å²) in [5.41, 5.74) is 2.08. The summed E-state index contributed by atoms with van der Waals surface area (Å²) in [6, 6.07) is 15.7.